The summed E-state index contributed by atoms with van der Waals surface area (Å²) in [5.74, 6) is -0.306. The van der Waals surface area contributed by atoms with Gasteiger partial charge < -0.3 is 24.1 Å². The van der Waals surface area contributed by atoms with E-state index >= 15 is 0 Å². The van der Waals surface area contributed by atoms with Crippen LogP contribution in [0.5, 0.6) is 5.75 Å². The molecule has 0 unspecified atom stereocenters. The number of carbonyl (C=O) groups is 1. The van der Waals surface area contributed by atoms with E-state index in [0.717, 1.165) is 24.1 Å². The number of quaternary nitrogens is 1. The molecule has 2 aromatic rings. The second-order valence-corrected chi connectivity index (χ2v) is 7.17. The first-order chi connectivity index (χ1) is 12.6. The van der Waals surface area contributed by atoms with E-state index in [2.05, 4.69) is 24.4 Å². The Morgan fingerprint density at radius 2 is 1.88 bits per heavy atom. The fourth-order valence-corrected chi connectivity index (χ4v) is 4.28. The van der Waals surface area contributed by atoms with Gasteiger partial charge in [0.2, 0.25) is 0 Å². The molecule has 0 bridgehead atoms. The number of hydrogen-bond acceptors (Lipinski definition) is 4. The Kier molecular flexibility index (Phi) is 4.22. The Bertz CT molecular complexity index is 832. The minimum absolute atomic E-state index is 0.0178. The van der Waals surface area contributed by atoms with Crippen molar-refractivity contribution in [2.45, 2.75) is 6.92 Å². The highest BCUT2D eigenvalue weighted by Crippen LogP contribution is 2.33. The van der Waals surface area contributed by atoms with Crippen LogP contribution in [-0.2, 0) is 9.31 Å². The summed E-state index contributed by atoms with van der Waals surface area (Å²) in [5, 5.41) is 12.9. The van der Waals surface area contributed by atoms with Crippen molar-refractivity contribution in [2.24, 2.45) is 0 Å². The number of hydrogen-bond donors (Lipinski definition) is 2. The molecular weight excluding hydrogens is 331 g/mol. The second-order valence-electron chi connectivity index (χ2n) is 7.17. The Morgan fingerprint density at radius 1 is 1.15 bits per heavy atom. The summed E-state index contributed by atoms with van der Waals surface area (Å²) in [4.78, 5) is 12.5. The van der Waals surface area contributed by atoms with Crippen LogP contribution in [0, 0.1) is 6.92 Å². The number of phenolic OH excluding ortho intramolecular Hbond substituents is 1. The summed E-state index contributed by atoms with van der Waals surface area (Å²) in [6, 6.07) is 14.8. The van der Waals surface area contributed by atoms with Crippen molar-refractivity contribution in [1.29, 1.82) is 0 Å². The fraction of sp³-hybridized carbons (Fsp3) is 0.316. The van der Waals surface area contributed by atoms with Crippen molar-refractivity contribution in [1.82, 2.24) is 5.32 Å². The summed E-state index contributed by atoms with van der Waals surface area (Å²) in [6.45, 7) is 3.54. The number of phenols is 1. The number of para-hydroxylation sites is 1. The van der Waals surface area contributed by atoms with Crippen LogP contribution in [0.2, 0.25) is 0 Å². The van der Waals surface area contributed by atoms with E-state index in [4.69, 9.17) is 9.31 Å². The molecule has 0 saturated carbocycles. The molecule has 0 spiro atoms. The van der Waals surface area contributed by atoms with Crippen molar-refractivity contribution < 1.29 is 23.6 Å². The van der Waals surface area contributed by atoms with Crippen molar-refractivity contribution in [3.8, 4) is 5.75 Å². The third-order valence-electron chi connectivity index (χ3n) is 5.65. The molecule has 2 aromatic carbocycles. The van der Waals surface area contributed by atoms with E-state index in [-0.39, 0.29) is 17.2 Å². The third-order valence-corrected chi connectivity index (χ3v) is 5.65. The second kappa shape index (κ2) is 6.43. The van der Waals surface area contributed by atoms with Gasteiger partial charge in [-0.05, 0) is 19.1 Å². The molecule has 2 saturated heterocycles. The third kappa shape index (κ3) is 2.60. The molecule has 0 aliphatic carbocycles. The maximum atomic E-state index is 12.5. The number of aryl methyl sites for hydroxylation is 1. The van der Waals surface area contributed by atoms with Gasteiger partial charge in [-0.1, -0.05) is 47.4 Å². The predicted octanol–water partition coefficient (Wildman–Crippen LogP) is 1.11. The number of fused-ring (bicyclic) bond motifs is 1. The molecule has 2 heterocycles. The Labute approximate surface area is 152 Å². The molecule has 2 aliphatic heterocycles. The zero-order valence-corrected chi connectivity index (χ0v) is 14.9. The van der Waals surface area contributed by atoms with E-state index in [9.17, 15) is 9.90 Å². The average molecular weight is 354 g/mol. The van der Waals surface area contributed by atoms with E-state index in [1.54, 1.807) is 18.2 Å². The van der Waals surface area contributed by atoms with Crippen molar-refractivity contribution in [3.63, 3.8) is 0 Å². The number of carbonyl (C=O) groups excluding carboxylic acids is 1. The van der Waals surface area contributed by atoms with Gasteiger partial charge >= 0.3 is 6.69 Å². The molecule has 0 radical (unpaired) electrons. The molecule has 2 aliphatic rings. The molecule has 0 atom stereocenters. The summed E-state index contributed by atoms with van der Waals surface area (Å²) in [6.07, 6.45) is 0. The predicted molar refractivity (Wildman–Crippen MR) is 98.9 cm³/mol. The summed E-state index contributed by atoms with van der Waals surface area (Å²) < 4.78 is 12.9. The van der Waals surface area contributed by atoms with Crippen LogP contribution in [0.25, 0.3) is 0 Å². The van der Waals surface area contributed by atoms with Crippen molar-refractivity contribution in [3.05, 3.63) is 59.7 Å². The Hall–Kier alpha value is -2.35. The highest BCUT2D eigenvalue weighted by atomic mass is 16.6. The van der Waals surface area contributed by atoms with E-state index < -0.39 is 6.69 Å². The van der Waals surface area contributed by atoms with Gasteiger partial charge in [-0.25, -0.2) is 0 Å². The van der Waals surface area contributed by atoms with Crippen LogP contribution in [0.15, 0.2) is 48.5 Å². The van der Waals surface area contributed by atoms with Crippen LogP contribution in [-0.4, -0.2) is 55.1 Å². The first-order valence-electron chi connectivity index (χ1n) is 8.97. The minimum atomic E-state index is -1.69. The van der Waals surface area contributed by atoms with Gasteiger partial charge in [0.1, 0.15) is 12.4 Å². The topological polar surface area (TPSA) is 67.8 Å². The van der Waals surface area contributed by atoms with E-state index in [1.807, 2.05) is 12.1 Å². The number of amides is 1. The van der Waals surface area contributed by atoms with Gasteiger partial charge in [-0.15, -0.1) is 0 Å². The molecular formula is C19H23BN2O4. The number of rotatable bonds is 4. The van der Waals surface area contributed by atoms with Gasteiger partial charge in [-0.3, -0.25) is 4.79 Å². The molecule has 0 aromatic heterocycles. The summed E-state index contributed by atoms with van der Waals surface area (Å²) in [7, 11) is 0. The maximum absolute atomic E-state index is 12.5. The van der Waals surface area contributed by atoms with Gasteiger partial charge in [-0.2, -0.15) is 0 Å². The Morgan fingerprint density at radius 3 is 2.58 bits per heavy atom. The molecule has 7 heteroatoms. The minimum Gasteiger partial charge on any atom is -0.507 e. The highest BCUT2D eigenvalue weighted by molar-refractivity contribution is 6.75. The zero-order valence-electron chi connectivity index (χ0n) is 14.9. The Balaban J connectivity index is 1.60. The monoisotopic (exact) mass is 354 g/mol. The van der Waals surface area contributed by atoms with Crippen LogP contribution in [0.4, 0.5) is 0 Å². The molecule has 136 valence electrons. The van der Waals surface area contributed by atoms with Crippen LogP contribution < -0.4 is 10.8 Å². The average Bonchev–Trinajstić information content (AvgIpc) is 3.16. The van der Waals surface area contributed by atoms with Gasteiger partial charge in [0, 0.05) is 0 Å². The molecule has 6 nitrogen and oxygen atoms in total. The molecule has 4 rings (SSSR count). The highest BCUT2D eigenvalue weighted by Gasteiger charge is 2.59. The maximum Gasteiger partial charge on any atom is 0.504 e. The molecule has 2 fully saturated rings. The van der Waals surface area contributed by atoms with E-state index in [1.165, 1.54) is 6.07 Å². The number of nitrogens with one attached hydrogen (secondary N) is 1. The first-order valence-corrected chi connectivity index (χ1v) is 8.97. The van der Waals surface area contributed by atoms with Gasteiger partial charge in [0.15, 0.2) is 0 Å². The van der Waals surface area contributed by atoms with Crippen LogP contribution >= 0.6 is 0 Å². The quantitative estimate of drug-likeness (QED) is 0.808. The molecule has 2 N–H and O–H groups in total. The number of nitrogens with zero attached hydrogens (tertiary/aromatic N) is 1. The van der Waals surface area contributed by atoms with Gasteiger partial charge in [0.25, 0.3) is 5.91 Å². The summed E-state index contributed by atoms with van der Waals surface area (Å²) >= 11 is 0. The smallest absolute Gasteiger partial charge is 0.504 e. The standard InChI is InChI=1S/C19H23BN2O4/c1-15-5-4-6-16(13-15)20-22(9-11-25-20,10-12-26-20)14-21-19(24)17-7-2-3-8-18(17)23/h2-8,13,23H,9-12,14H2,1H3,(H,21,24). The fourth-order valence-electron chi connectivity index (χ4n) is 4.28. The normalized spacial score (nSPS) is 27.3. The lowest BCUT2D eigenvalue weighted by molar-refractivity contribution is -0.822. The van der Waals surface area contributed by atoms with Crippen LogP contribution in [0.3, 0.4) is 0 Å². The van der Waals surface area contributed by atoms with Crippen molar-refractivity contribution >= 4 is 18.1 Å². The lowest BCUT2D eigenvalue weighted by Crippen LogP contribution is -2.71. The van der Waals surface area contributed by atoms with Crippen LogP contribution in [0.1, 0.15) is 15.9 Å². The largest absolute Gasteiger partial charge is 0.507 e. The molecule has 1 amide bonds. The first kappa shape index (κ1) is 17.1. The van der Waals surface area contributed by atoms with Gasteiger partial charge in [0.05, 0.1) is 31.9 Å². The number of benzene rings is 2. The zero-order chi connectivity index (χ0) is 18.2. The number of aromatic hydroxyl groups is 1. The lowest BCUT2D eigenvalue weighted by atomic mass is 9.60. The van der Waals surface area contributed by atoms with Crippen molar-refractivity contribution in [2.75, 3.05) is 33.0 Å². The molecule has 26 heavy (non-hydrogen) atoms. The van der Waals surface area contributed by atoms with E-state index in [0.29, 0.717) is 24.3 Å². The lowest BCUT2D eigenvalue weighted by Gasteiger charge is -2.47. The summed E-state index contributed by atoms with van der Waals surface area (Å²) in [5.41, 5.74) is 2.47. The SMILES string of the molecule is Cc1cccc([B-]23OCC[N+]2(CNC(=O)c2ccccc2O)CCO3)c1.